The predicted octanol–water partition coefficient (Wildman–Crippen LogP) is 1.98. The molecule has 7 heteroatoms. The summed E-state index contributed by atoms with van der Waals surface area (Å²) in [6.07, 6.45) is 0.807. The molecule has 0 fully saturated rings. The molecule has 1 aromatic carbocycles. The maximum atomic E-state index is 12.1. The minimum absolute atomic E-state index is 0.0611. The Morgan fingerprint density at radius 3 is 2.95 bits per heavy atom. The summed E-state index contributed by atoms with van der Waals surface area (Å²) < 4.78 is 5.29. The van der Waals surface area contributed by atoms with Crippen LogP contribution in [0, 0.1) is 5.92 Å². The van der Waals surface area contributed by atoms with E-state index in [1.165, 1.54) is 0 Å². The van der Waals surface area contributed by atoms with E-state index in [0.29, 0.717) is 22.1 Å². The molecule has 2 atom stereocenters. The maximum absolute atomic E-state index is 12.1. The highest BCUT2D eigenvalue weighted by Gasteiger charge is 2.22. The number of amides is 2. The van der Waals surface area contributed by atoms with Crippen LogP contribution in [0.5, 0.6) is 5.75 Å². The lowest BCUT2D eigenvalue weighted by molar-refractivity contribution is -0.119. The highest BCUT2D eigenvalue weighted by molar-refractivity contribution is 6.34. The van der Waals surface area contributed by atoms with Crippen LogP contribution in [-0.4, -0.2) is 24.5 Å². The topological polar surface area (TPSA) is 93.5 Å². The number of carbonyl (C=O) groups is 2. The van der Waals surface area contributed by atoms with Gasteiger partial charge in [-0.2, -0.15) is 0 Å². The van der Waals surface area contributed by atoms with Gasteiger partial charge in [0.25, 0.3) is 5.91 Å². The lowest BCUT2D eigenvalue weighted by Gasteiger charge is -2.21. The van der Waals surface area contributed by atoms with Crippen molar-refractivity contribution in [2.75, 3.05) is 17.2 Å². The minimum Gasteiger partial charge on any atom is -0.482 e. The van der Waals surface area contributed by atoms with Gasteiger partial charge in [-0.1, -0.05) is 31.9 Å². The number of rotatable bonds is 4. The van der Waals surface area contributed by atoms with Crippen LogP contribution in [-0.2, 0) is 9.59 Å². The Kier molecular flexibility index (Phi) is 4.69. The molecular weight excluding hydrogens is 294 g/mol. The van der Waals surface area contributed by atoms with E-state index in [-0.39, 0.29) is 24.3 Å². The van der Waals surface area contributed by atoms with Crippen LogP contribution < -0.4 is 21.1 Å². The van der Waals surface area contributed by atoms with Crippen molar-refractivity contribution >= 4 is 34.8 Å². The molecular formula is C14H18ClN3O3. The molecule has 1 heterocycles. The van der Waals surface area contributed by atoms with Gasteiger partial charge in [0.2, 0.25) is 5.91 Å². The molecule has 0 saturated carbocycles. The molecule has 114 valence electrons. The molecule has 1 aromatic rings. The number of halogens is 1. The molecule has 21 heavy (non-hydrogen) atoms. The number of ether oxygens (including phenoxy) is 1. The zero-order chi connectivity index (χ0) is 15.6. The standard InChI is InChI=1S/C14H18ClN3O3/c1-3-7(2)13(16)14(20)18-9-5-11-10(4-8(9)15)17-12(19)6-21-11/h4-5,7,13H,3,6,16H2,1-2H3,(H,17,19)(H,18,20). The molecule has 0 radical (unpaired) electrons. The van der Waals surface area contributed by atoms with Gasteiger partial charge in [-0.25, -0.2) is 0 Å². The van der Waals surface area contributed by atoms with Crippen molar-refractivity contribution < 1.29 is 14.3 Å². The third-order valence-corrected chi connectivity index (χ3v) is 3.83. The van der Waals surface area contributed by atoms with Gasteiger partial charge >= 0.3 is 0 Å². The van der Waals surface area contributed by atoms with Crippen molar-refractivity contribution in [3.63, 3.8) is 0 Å². The van der Waals surface area contributed by atoms with Crippen molar-refractivity contribution in [1.29, 1.82) is 0 Å². The summed E-state index contributed by atoms with van der Waals surface area (Å²) in [5.41, 5.74) is 6.78. The van der Waals surface area contributed by atoms with Crippen LogP contribution in [0.15, 0.2) is 12.1 Å². The average Bonchev–Trinajstić information content (AvgIpc) is 2.46. The minimum atomic E-state index is -0.609. The summed E-state index contributed by atoms with van der Waals surface area (Å²) in [7, 11) is 0. The Hall–Kier alpha value is -1.79. The van der Waals surface area contributed by atoms with E-state index < -0.39 is 6.04 Å². The van der Waals surface area contributed by atoms with E-state index in [1.807, 2.05) is 13.8 Å². The summed E-state index contributed by atoms with van der Waals surface area (Å²) in [6, 6.07) is 2.51. The van der Waals surface area contributed by atoms with E-state index in [4.69, 9.17) is 22.1 Å². The fraction of sp³-hybridized carbons (Fsp3) is 0.429. The van der Waals surface area contributed by atoms with Crippen molar-refractivity contribution in [2.24, 2.45) is 11.7 Å². The van der Waals surface area contributed by atoms with E-state index in [1.54, 1.807) is 12.1 Å². The maximum Gasteiger partial charge on any atom is 0.262 e. The van der Waals surface area contributed by atoms with Crippen molar-refractivity contribution in [3.05, 3.63) is 17.2 Å². The van der Waals surface area contributed by atoms with E-state index in [9.17, 15) is 9.59 Å². The largest absolute Gasteiger partial charge is 0.482 e. The van der Waals surface area contributed by atoms with Crippen LogP contribution in [0.1, 0.15) is 20.3 Å². The van der Waals surface area contributed by atoms with Crippen LogP contribution in [0.4, 0.5) is 11.4 Å². The van der Waals surface area contributed by atoms with Crippen molar-refractivity contribution in [3.8, 4) is 5.75 Å². The molecule has 6 nitrogen and oxygen atoms in total. The van der Waals surface area contributed by atoms with Gasteiger partial charge in [0.05, 0.1) is 22.4 Å². The van der Waals surface area contributed by atoms with E-state index >= 15 is 0 Å². The van der Waals surface area contributed by atoms with Gasteiger partial charge in [0.1, 0.15) is 5.75 Å². The third-order valence-electron chi connectivity index (χ3n) is 3.52. The van der Waals surface area contributed by atoms with E-state index in [2.05, 4.69) is 10.6 Å². The number of anilines is 2. The smallest absolute Gasteiger partial charge is 0.262 e. The average molecular weight is 312 g/mol. The fourth-order valence-corrected chi connectivity index (χ4v) is 2.14. The molecule has 0 aliphatic carbocycles. The zero-order valence-electron chi connectivity index (χ0n) is 11.9. The highest BCUT2D eigenvalue weighted by atomic mass is 35.5. The van der Waals surface area contributed by atoms with Crippen LogP contribution in [0.3, 0.4) is 0 Å². The normalized spacial score (nSPS) is 16.3. The molecule has 1 aliphatic heterocycles. The Morgan fingerprint density at radius 1 is 1.57 bits per heavy atom. The molecule has 0 aromatic heterocycles. The van der Waals surface area contributed by atoms with Gasteiger partial charge in [-0.3, -0.25) is 9.59 Å². The summed E-state index contributed by atoms with van der Waals surface area (Å²) in [4.78, 5) is 23.3. The van der Waals surface area contributed by atoms with Gasteiger partial charge in [0, 0.05) is 6.07 Å². The Balaban J connectivity index is 2.18. The number of carbonyl (C=O) groups excluding carboxylic acids is 2. The van der Waals surface area contributed by atoms with Gasteiger partial charge in [-0.15, -0.1) is 0 Å². The van der Waals surface area contributed by atoms with Crippen LogP contribution in [0.2, 0.25) is 5.02 Å². The zero-order valence-corrected chi connectivity index (χ0v) is 12.7. The van der Waals surface area contributed by atoms with Gasteiger partial charge in [-0.05, 0) is 12.0 Å². The lowest BCUT2D eigenvalue weighted by atomic mass is 9.99. The molecule has 4 N–H and O–H groups in total. The lowest BCUT2D eigenvalue weighted by Crippen LogP contribution is -2.40. The predicted molar refractivity (Wildman–Crippen MR) is 81.6 cm³/mol. The number of nitrogens with two attached hydrogens (primary N) is 1. The summed E-state index contributed by atoms with van der Waals surface area (Å²) >= 11 is 6.11. The second-order valence-corrected chi connectivity index (χ2v) is 5.47. The first-order valence-electron chi connectivity index (χ1n) is 6.75. The fourth-order valence-electron chi connectivity index (χ4n) is 1.92. The second kappa shape index (κ2) is 6.32. The highest BCUT2D eigenvalue weighted by Crippen LogP contribution is 2.36. The molecule has 2 unspecified atom stereocenters. The van der Waals surface area contributed by atoms with Gasteiger partial charge in [0.15, 0.2) is 6.61 Å². The molecule has 2 amide bonds. The van der Waals surface area contributed by atoms with Crippen molar-refractivity contribution in [1.82, 2.24) is 0 Å². The Labute approximate surface area is 128 Å². The van der Waals surface area contributed by atoms with Crippen LogP contribution in [0.25, 0.3) is 0 Å². The van der Waals surface area contributed by atoms with Gasteiger partial charge < -0.3 is 21.1 Å². The Bertz CT molecular complexity index is 577. The quantitative estimate of drug-likeness (QED) is 0.792. The second-order valence-electron chi connectivity index (χ2n) is 5.07. The number of nitrogens with one attached hydrogen (secondary N) is 2. The molecule has 0 bridgehead atoms. The monoisotopic (exact) mass is 311 g/mol. The first-order valence-corrected chi connectivity index (χ1v) is 7.12. The third kappa shape index (κ3) is 3.46. The first-order chi connectivity index (χ1) is 9.92. The molecule has 1 aliphatic rings. The van der Waals surface area contributed by atoms with E-state index in [0.717, 1.165) is 6.42 Å². The number of benzene rings is 1. The SMILES string of the molecule is CCC(C)C(N)C(=O)Nc1cc2c(cc1Cl)NC(=O)CO2. The molecule has 0 spiro atoms. The molecule has 0 saturated heterocycles. The van der Waals surface area contributed by atoms with Crippen molar-refractivity contribution in [2.45, 2.75) is 26.3 Å². The Morgan fingerprint density at radius 2 is 2.29 bits per heavy atom. The number of hydrogen-bond donors (Lipinski definition) is 3. The summed E-state index contributed by atoms with van der Waals surface area (Å²) in [5.74, 6) is -0.0106. The first kappa shape index (κ1) is 15.6. The van der Waals surface area contributed by atoms with Crippen LogP contribution >= 0.6 is 11.6 Å². The summed E-state index contributed by atoms with van der Waals surface area (Å²) in [5, 5.41) is 5.65. The summed E-state index contributed by atoms with van der Waals surface area (Å²) in [6.45, 7) is 3.83. The number of fused-ring (bicyclic) bond motifs is 1. The number of hydrogen-bond acceptors (Lipinski definition) is 4. The molecule has 2 rings (SSSR count).